The number of hydrogen-bond donors (Lipinski definition) is 2. The summed E-state index contributed by atoms with van der Waals surface area (Å²) in [5, 5.41) is 19.9. The van der Waals surface area contributed by atoms with Crippen LogP contribution in [0.5, 0.6) is 5.75 Å². The molecule has 3 aromatic rings. The number of hydrogen-bond acceptors (Lipinski definition) is 4. The summed E-state index contributed by atoms with van der Waals surface area (Å²) in [6, 6.07) is 11.6. The van der Waals surface area contributed by atoms with Crippen LogP contribution in [0.4, 0.5) is 0 Å². The molecule has 122 valence electrons. The minimum atomic E-state index is -0.893. The molecule has 0 fully saturated rings. The predicted molar refractivity (Wildman–Crippen MR) is 92.8 cm³/mol. The number of nitrogens with zero attached hydrogens (tertiary/aromatic N) is 2. The molecule has 0 spiro atoms. The standard InChI is InChI=1S/C19H19N3O2/c1-12-17(24-11-19(2,3)23)8-7-16(22-12)15-10-21-18-13(9-20)5-4-6-14(15)18/h4-8,10,21,23H,11H2,1-3H3. The van der Waals surface area contributed by atoms with Crippen LogP contribution in [0.3, 0.4) is 0 Å². The largest absolute Gasteiger partial charge is 0.489 e. The summed E-state index contributed by atoms with van der Waals surface area (Å²) >= 11 is 0. The van der Waals surface area contributed by atoms with Gasteiger partial charge in [0, 0.05) is 17.1 Å². The molecule has 0 amide bonds. The maximum absolute atomic E-state index is 9.77. The first-order valence-corrected chi connectivity index (χ1v) is 7.72. The van der Waals surface area contributed by atoms with Gasteiger partial charge in [-0.15, -0.1) is 0 Å². The van der Waals surface area contributed by atoms with E-state index in [-0.39, 0.29) is 6.61 Å². The highest BCUT2D eigenvalue weighted by Gasteiger charge is 2.15. The summed E-state index contributed by atoms with van der Waals surface area (Å²) in [6.07, 6.45) is 1.87. The zero-order valence-corrected chi connectivity index (χ0v) is 13.9. The third-order valence-electron chi connectivity index (χ3n) is 3.73. The Hall–Kier alpha value is -2.84. The van der Waals surface area contributed by atoms with Crippen LogP contribution in [0, 0.1) is 18.3 Å². The van der Waals surface area contributed by atoms with E-state index in [9.17, 15) is 10.4 Å². The van der Waals surface area contributed by atoms with E-state index in [0.717, 1.165) is 27.9 Å². The van der Waals surface area contributed by atoms with Crippen molar-refractivity contribution < 1.29 is 9.84 Å². The fourth-order valence-electron chi connectivity index (χ4n) is 2.56. The lowest BCUT2D eigenvalue weighted by Gasteiger charge is -2.18. The maximum Gasteiger partial charge on any atom is 0.140 e. The van der Waals surface area contributed by atoms with Crippen LogP contribution in [-0.4, -0.2) is 27.3 Å². The Balaban J connectivity index is 1.97. The minimum absolute atomic E-state index is 0.202. The van der Waals surface area contributed by atoms with Crippen molar-refractivity contribution in [3.63, 3.8) is 0 Å². The Labute approximate surface area is 140 Å². The monoisotopic (exact) mass is 321 g/mol. The van der Waals surface area contributed by atoms with Gasteiger partial charge in [-0.2, -0.15) is 5.26 Å². The molecule has 2 heterocycles. The van der Waals surface area contributed by atoms with Gasteiger partial charge in [0.1, 0.15) is 18.4 Å². The molecule has 5 heteroatoms. The highest BCUT2D eigenvalue weighted by atomic mass is 16.5. The molecule has 1 aromatic carbocycles. The second kappa shape index (κ2) is 5.99. The van der Waals surface area contributed by atoms with Crippen LogP contribution >= 0.6 is 0 Å². The van der Waals surface area contributed by atoms with Crippen LogP contribution in [0.25, 0.3) is 22.2 Å². The molecule has 0 bridgehead atoms. The molecule has 3 rings (SSSR count). The van der Waals surface area contributed by atoms with Gasteiger partial charge in [-0.25, -0.2) is 4.98 Å². The first kappa shape index (κ1) is 16.0. The third kappa shape index (κ3) is 3.10. The molecule has 2 aromatic heterocycles. The van der Waals surface area contributed by atoms with Crippen molar-refractivity contribution >= 4 is 10.9 Å². The van der Waals surface area contributed by atoms with Crippen molar-refractivity contribution in [3.05, 3.63) is 47.8 Å². The Kier molecular flexibility index (Phi) is 4.00. The van der Waals surface area contributed by atoms with Crippen molar-refractivity contribution in [1.29, 1.82) is 5.26 Å². The number of para-hydroxylation sites is 1. The summed E-state index contributed by atoms with van der Waals surface area (Å²) in [4.78, 5) is 7.77. The normalized spacial score (nSPS) is 11.5. The molecule has 24 heavy (non-hydrogen) atoms. The van der Waals surface area contributed by atoms with Gasteiger partial charge in [-0.05, 0) is 39.0 Å². The number of nitrogens with one attached hydrogen (secondary N) is 1. The fourth-order valence-corrected chi connectivity index (χ4v) is 2.56. The number of H-pyrrole nitrogens is 1. The van der Waals surface area contributed by atoms with E-state index >= 15 is 0 Å². The highest BCUT2D eigenvalue weighted by Crippen LogP contribution is 2.30. The molecule has 0 aliphatic carbocycles. The SMILES string of the molecule is Cc1nc(-c2c[nH]c3c(C#N)cccc23)ccc1OCC(C)(C)O. The Morgan fingerprint density at radius 2 is 2.08 bits per heavy atom. The fraction of sp³-hybridized carbons (Fsp3) is 0.263. The molecular formula is C19H19N3O2. The van der Waals surface area contributed by atoms with Gasteiger partial charge in [-0.3, -0.25) is 0 Å². The number of benzene rings is 1. The smallest absolute Gasteiger partial charge is 0.140 e. The highest BCUT2D eigenvalue weighted by molar-refractivity contribution is 5.97. The lowest BCUT2D eigenvalue weighted by Crippen LogP contribution is -2.28. The first-order chi connectivity index (χ1) is 11.4. The number of aryl methyl sites for hydroxylation is 1. The second-order valence-corrected chi connectivity index (χ2v) is 6.42. The average molecular weight is 321 g/mol. The van der Waals surface area contributed by atoms with Gasteiger partial charge < -0.3 is 14.8 Å². The van der Waals surface area contributed by atoms with Gasteiger partial charge in [-0.1, -0.05) is 12.1 Å². The van der Waals surface area contributed by atoms with Crippen LogP contribution in [-0.2, 0) is 0 Å². The number of aromatic nitrogens is 2. The Morgan fingerprint density at radius 3 is 2.75 bits per heavy atom. The summed E-state index contributed by atoms with van der Waals surface area (Å²) in [6.45, 7) is 5.47. The van der Waals surface area contributed by atoms with Crippen molar-refractivity contribution in [1.82, 2.24) is 9.97 Å². The van der Waals surface area contributed by atoms with Crippen molar-refractivity contribution in [2.24, 2.45) is 0 Å². The number of ether oxygens (including phenoxy) is 1. The second-order valence-electron chi connectivity index (χ2n) is 6.42. The molecule has 0 saturated heterocycles. The van der Waals surface area contributed by atoms with Crippen LogP contribution in [0.2, 0.25) is 0 Å². The van der Waals surface area contributed by atoms with Crippen LogP contribution in [0.1, 0.15) is 25.1 Å². The number of pyridine rings is 1. The topological polar surface area (TPSA) is 81.9 Å². The molecule has 0 aliphatic rings. The minimum Gasteiger partial charge on any atom is -0.489 e. The Morgan fingerprint density at radius 1 is 1.29 bits per heavy atom. The van der Waals surface area contributed by atoms with E-state index in [1.54, 1.807) is 19.9 Å². The molecule has 2 N–H and O–H groups in total. The van der Waals surface area contributed by atoms with E-state index in [2.05, 4.69) is 16.0 Å². The lowest BCUT2D eigenvalue weighted by atomic mass is 10.1. The van der Waals surface area contributed by atoms with Gasteiger partial charge in [0.2, 0.25) is 0 Å². The summed E-state index contributed by atoms with van der Waals surface area (Å²) in [5.74, 6) is 0.651. The predicted octanol–water partition coefficient (Wildman–Crippen LogP) is 3.56. The average Bonchev–Trinajstić information content (AvgIpc) is 2.96. The van der Waals surface area contributed by atoms with Gasteiger partial charge >= 0.3 is 0 Å². The molecule has 0 saturated carbocycles. The van der Waals surface area contributed by atoms with Gasteiger partial charge in [0.05, 0.1) is 28.1 Å². The Bertz CT molecular complexity index is 930. The number of aliphatic hydroxyl groups is 1. The van der Waals surface area contributed by atoms with Crippen LogP contribution < -0.4 is 4.74 Å². The third-order valence-corrected chi connectivity index (χ3v) is 3.73. The molecule has 0 unspecified atom stereocenters. The van der Waals surface area contributed by atoms with Crippen molar-refractivity contribution in [3.8, 4) is 23.1 Å². The van der Waals surface area contributed by atoms with E-state index in [0.29, 0.717) is 11.3 Å². The molecule has 0 atom stereocenters. The number of aromatic amines is 1. The maximum atomic E-state index is 9.77. The van der Waals surface area contributed by atoms with E-state index in [1.807, 2.05) is 37.4 Å². The van der Waals surface area contributed by atoms with Crippen molar-refractivity contribution in [2.75, 3.05) is 6.61 Å². The zero-order valence-electron chi connectivity index (χ0n) is 13.9. The number of nitriles is 1. The van der Waals surface area contributed by atoms with E-state index in [1.165, 1.54) is 0 Å². The number of rotatable bonds is 4. The van der Waals surface area contributed by atoms with Crippen LogP contribution in [0.15, 0.2) is 36.5 Å². The van der Waals surface area contributed by atoms with E-state index in [4.69, 9.17) is 4.74 Å². The molecule has 0 radical (unpaired) electrons. The van der Waals surface area contributed by atoms with E-state index < -0.39 is 5.60 Å². The molecule has 5 nitrogen and oxygen atoms in total. The van der Waals surface area contributed by atoms with Gasteiger partial charge in [0.15, 0.2) is 0 Å². The van der Waals surface area contributed by atoms with Crippen molar-refractivity contribution in [2.45, 2.75) is 26.4 Å². The summed E-state index contributed by atoms with van der Waals surface area (Å²) in [5.41, 5.74) is 3.04. The first-order valence-electron chi connectivity index (χ1n) is 7.72. The quantitative estimate of drug-likeness (QED) is 0.770. The molecular weight excluding hydrogens is 302 g/mol. The molecule has 0 aliphatic heterocycles. The summed E-state index contributed by atoms with van der Waals surface area (Å²) < 4.78 is 5.63. The zero-order chi connectivity index (χ0) is 17.3. The number of fused-ring (bicyclic) bond motifs is 1. The van der Waals surface area contributed by atoms with Gasteiger partial charge in [0.25, 0.3) is 0 Å². The lowest BCUT2D eigenvalue weighted by molar-refractivity contribution is 0.0281. The summed E-state index contributed by atoms with van der Waals surface area (Å²) in [7, 11) is 0.